The molecule has 0 amide bonds. The molecule has 3 heteroatoms. The first kappa shape index (κ1) is 8.27. The predicted molar refractivity (Wildman–Crippen MR) is 45.4 cm³/mol. The molecule has 0 bridgehead atoms. The monoisotopic (exact) mass is 153 g/mol. The lowest BCUT2D eigenvalue weighted by Gasteiger charge is -2.10. The first-order chi connectivity index (χ1) is 5.25. The number of nitrogens with zero attached hydrogens (tertiary/aromatic N) is 2. The maximum Gasteiger partial charge on any atom is 0.122 e. The molecule has 0 aromatic carbocycles. The molecule has 0 aliphatic rings. The smallest absolute Gasteiger partial charge is 0.122 e. The summed E-state index contributed by atoms with van der Waals surface area (Å²) >= 11 is 0. The lowest BCUT2D eigenvalue weighted by Crippen LogP contribution is -2.13. The van der Waals surface area contributed by atoms with Gasteiger partial charge in [-0.25, -0.2) is 4.98 Å². The molecule has 0 radical (unpaired) electrons. The molecule has 1 aromatic heterocycles. The van der Waals surface area contributed by atoms with Crippen molar-refractivity contribution >= 4 is 0 Å². The number of imidazole rings is 1. The van der Waals surface area contributed by atoms with Crippen molar-refractivity contribution in [2.45, 2.75) is 26.4 Å². The molecule has 62 valence electrons. The maximum absolute atomic E-state index is 4.23. The van der Waals surface area contributed by atoms with Crippen molar-refractivity contribution in [1.82, 2.24) is 14.9 Å². The molecule has 0 aliphatic heterocycles. The second kappa shape index (κ2) is 3.53. The molecule has 11 heavy (non-hydrogen) atoms. The molecule has 0 saturated heterocycles. The molecule has 0 aliphatic carbocycles. The van der Waals surface area contributed by atoms with Crippen molar-refractivity contribution in [3.8, 4) is 0 Å². The Morgan fingerprint density at radius 3 is 2.91 bits per heavy atom. The molecule has 0 fully saturated rings. The van der Waals surface area contributed by atoms with E-state index in [1.165, 1.54) is 0 Å². The van der Waals surface area contributed by atoms with Crippen LogP contribution in [0.15, 0.2) is 12.4 Å². The van der Waals surface area contributed by atoms with Crippen molar-refractivity contribution < 1.29 is 0 Å². The Kier molecular flexibility index (Phi) is 2.65. The van der Waals surface area contributed by atoms with Crippen LogP contribution in [0, 0.1) is 0 Å². The van der Waals surface area contributed by atoms with Crippen LogP contribution in [0.2, 0.25) is 0 Å². The topological polar surface area (TPSA) is 29.9 Å². The third kappa shape index (κ3) is 1.80. The summed E-state index contributed by atoms with van der Waals surface area (Å²) in [6, 6.07) is 0.501. The summed E-state index contributed by atoms with van der Waals surface area (Å²) in [6.45, 7) is 5.15. The van der Waals surface area contributed by atoms with Crippen LogP contribution in [0.5, 0.6) is 0 Å². The van der Waals surface area contributed by atoms with Crippen molar-refractivity contribution in [3.63, 3.8) is 0 Å². The van der Waals surface area contributed by atoms with Gasteiger partial charge in [0.25, 0.3) is 0 Å². The number of hydrogen-bond acceptors (Lipinski definition) is 2. The summed E-state index contributed by atoms with van der Waals surface area (Å²) in [4.78, 5) is 4.23. The van der Waals surface area contributed by atoms with E-state index < -0.39 is 0 Å². The number of hydrogen-bond donors (Lipinski definition) is 1. The Balaban J connectivity index is 2.78. The minimum absolute atomic E-state index is 0.501. The third-order valence-electron chi connectivity index (χ3n) is 1.64. The average molecular weight is 153 g/mol. The van der Waals surface area contributed by atoms with Gasteiger partial charge in [-0.05, 0) is 20.9 Å². The molecular formula is C8H15N3. The summed E-state index contributed by atoms with van der Waals surface area (Å²) in [7, 11) is 1.93. The summed E-state index contributed by atoms with van der Waals surface area (Å²) < 4.78 is 2.16. The van der Waals surface area contributed by atoms with Crippen LogP contribution >= 0.6 is 0 Å². The van der Waals surface area contributed by atoms with Gasteiger partial charge in [-0.15, -0.1) is 0 Å². The van der Waals surface area contributed by atoms with Crippen molar-refractivity contribution in [3.05, 3.63) is 18.2 Å². The van der Waals surface area contributed by atoms with Gasteiger partial charge in [0.2, 0.25) is 0 Å². The molecule has 0 unspecified atom stereocenters. The Morgan fingerprint density at radius 2 is 2.36 bits per heavy atom. The van der Waals surface area contributed by atoms with E-state index in [1.54, 1.807) is 0 Å². The Hall–Kier alpha value is -0.830. The van der Waals surface area contributed by atoms with Gasteiger partial charge in [0.15, 0.2) is 0 Å². The summed E-state index contributed by atoms with van der Waals surface area (Å²) in [5.74, 6) is 1.10. The highest BCUT2D eigenvalue weighted by Gasteiger charge is 2.02. The van der Waals surface area contributed by atoms with E-state index in [0.717, 1.165) is 12.4 Å². The highest BCUT2D eigenvalue weighted by molar-refractivity contribution is 4.93. The summed E-state index contributed by atoms with van der Waals surface area (Å²) in [5, 5.41) is 3.08. The van der Waals surface area contributed by atoms with Gasteiger partial charge in [-0.1, -0.05) is 0 Å². The van der Waals surface area contributed by atoms with Gasteiger partial charge in [-0.3, -0.25) is 0 Å². The van der Waals surface area contributed by atoms with Gasteiger partial charge in [0.05, 0.1) is 6.54 Å². The second-order valence-corrected chi connectivity index (χ2v) is 2.87. The maximum atomic E-state index is 4.23. The third-order valence-corrected chi connectivity index (χ3v) is 1.64. The predicted octanol–water partition coefficient (Wildman–Crippen LogP) is 1.18. The van der Waals surface area contributed by atoms with Crippen molar-refractivity contribution in [2.75, 3.05) is 7.05 Å². The fourth-order valence-electron chi connectivity index (χ4n) is 1.11. The van der Waals surface area contributed by atoms with E-state index in [2.05, 4.69) is 28.7 Å². The standard InChI is InChI=1S/C8H15N3/c1-7(2)11-5-4-10-8(11)6-9-3/h4-5,7,9H,6H2,1-3H3. The lowest BCUT2D eigenvalue weighted by molar-refractivity contribution is 0.555. The van der Waals surface area contributed by atoms with Gasteiger partial charge < -0.3 is 9.88 Å². The number of rotatable bonds is 3. The zero-order chi connectivity index (χ0) is 8.27. The lowest BCUT2D eigenvalue weighted by atomic mass is 10.4. The Bertz CT molecular complexity index is 215. The van der Waals surface area contributed by atoms with Gasteiger partial charge in [-0.2, -0.15) is 0 Å². The fourth-order valence-corrected chi connectivity index (χ4v) is 1.11. The van der Waals surface area contributed by atoms with Crippen LogP contribution in [0.3, 0.4) is 0 Å². The van der Waals surface area contributed by atoms with Gasteiger partial charge in [0, 0.05) is 18.4 Å². The zero-order valence-electron chi connectivity index (χ0n) is 7.33. The molecular weight excluding hydrogens is 138 g/mol. The van der Waals surface area contributed by atoms with E-state index in [4.69, 9.17) is 0 Å². The van der Waals surface area contributed by atoms with Crippen LogP contribution in [0.1, 0.15) is 25.7 Å². The second-order valence-electron chi connectivity index (χ2n) is 2.87. The molecule has 0 spiro atoms. The van der Waals surface area contributed by atoms with Crippen LogP contribution < -0.4 is 5.32 Å². The number of nitrogens with one attached hydrogen (secondary N) is 1. The largest absolute Gasteiger partial charge is 0.331 e. The first-order valence-electron chi connectivity index (χ1n) is 3.92. The molecule has 1 N–H and O–H groups in total. The Labute approximate surface area is 67.4 Å². The summed E-state index contributed by atoms with van der Waals surface area (Å²) in [5.41, 5.74) is 0. The Morgan fingerprint density at radius 1 is 1.64 bits per heavy atom. The molecule has 0 atom stereocenters. The fraction of sp³-hybridized carbons (Fsp3) is 0.625. The average Bonchev–Trinajstić information content (AvgIpc) is 2.36. The molecule has 1 rings (SSSR count). The minimum Gasteiger partial charge on any atom is -0.331 e. The first-order valence-corrected chi connectivity index (χ1v) is 3.92. The van der Waals surface area contributed by atoms with E-state index in [1.807, 2.05) is 19.4 Å². The highest BCUT2D eigenvalue weighted by atomic mass is 15.1. The van der Waals surface area contributed by atoms with Crippen LogP contribution in [-0.4, -0.2) is 16.6 Å². The van der Waals surface area contributed by atoms with Crippen LogP contribution in [0.25, 0.3) is 0 Å². The van der Waals surface area contributed by atoms with E-state index >= 15 is 0 Å². The SMILES string of the molecule is CNCc1nccn1C(C)C. The quantitative estimate of drug-likeness (QED) is 0.706. The number of aromatic nitrogens is 2. The van der Waals surface area contributed by atoms with Crippen LogP contribution in [0.4, 0.5) is 0 Å². The minimum atomic E-state index is 0.501. The molecule has 1 heterocycles. The van der Waals surface area contributed by atoms with Gasteiger partial charge >= 0.3 is 0 Å². The van der Waals surface area contributed by atoms with Crippen LogP contribution in [-0.2, 0) is 6.54 Å². The van der Waals surface area contributed by atoms with Crippen molar-refractivity contribution in [1.29, 1.82) is 0 Å². The van der Waals surface area contributed by atoms with E-state index in [9.17, 15) is 0 Å². The van der Waals surface area contributed by atoms with E-state index in [0.29, 0.717) is 6.04 Å². The zero-order valence-corrected chi connectivity index (χ0v) is 7.33. The highest BCUT2D eigenvalue weighted by Crippen LogP contribution is 2.06. The normalized spacial score (nSPS) is 10.9. The van der Waals surface area contributed by atoms with Gasteiger partial charge in [0.1, 0.15) is 5.82 Å². The molecule has 0 saturated carbocycles. The molecule has 3 nitrogen and oxygen atoms in total. The van der Waals surface area contributed by atoms with Crippen molar-refractivity contribution in [2.24, 2.45) is 0 Å². The summed E-state index contributed by atoms with van der Waals surface area (Å²) in [6.07, 6.45) is 3.85. The van der Waals surface area contributed by atoms with E-state index in [-0.39, 0.29) is 0 Å². The molecule has 1 aromatic rings.